The number of nitrogens with one attached hydrogen (secondary N) is 2. The molecule has 6 heteroatoms. The largest absolute Gasteiger partial charge is 0.368 e. The Morgan fingerprint density at radius 3 is 2.88 bits per heavy atom. The molecule has 0 amide bonds. The first-order valence-electron chi connectivity index (χ1n) is 9.64. The minimum Gasteiger partial charge on any atom is -0.368 e. The van der Waals surface area contributed by atoms with Gasteiger partial charge in [0, 0.05) is 31.2 Å². The van der Waals surface area contributed by atoms with Crippen molar-refractivity contribution in [3.05, 3.63) is 6.07 Å². The van der Waals surface area contributed by atoms with Crippen LogP contribution in [0.5, 0.6) is 0 Å². The molecule has 1 aromatic heterocycles. The van der Waals surface area contributed by atoms with Crippen LogP contribution in [0.15, 0.2) is 6.07 Å². The van der Waals surface area contributed by atoms with Crippen molar-refractivity contribution in [2.45, 2.75) is 50.6 Å². The van der Waals surface area contributed by atoms with Crippen LogP contribution in [0.2, 0.25) is 0 Å². The van der Waals surface area contributed by atoms with Gasteiger partial charge in [-0.25, -0.2) is 0 Å². The van der Waals surface area contributed by atoms with Crippen molar-refractivity contribution >= 4 is 17.6 Å². The summed E-state index contributed by atoms with van der Waals surface area (Å²) in [6.45, 7) is 3.27. The number of rotatable bonds is 3. The van der Waals surface area contributed by atoms with Gasteiger partial charge in [0.15, 0.2) is 0 Å². The first kappa shape index (κ1) is 14.8. The molecule has 0 radical (unpaired) electrons. The topological polar surface area (TPSA) is 79.1 Å². The van der Waals surface area contributed by atoms with Crippen LogP contribution < -0.4 is 21.3 Å². The summed E-state index contributed by atoms with van der Waals surface area (Å²) in [5, 5.41) is 7.32. The van der Waals surface area contributed by atoms with E-state index in [4.69, 9.17) is 5.73 Å². The van der Waals surface area contributed by atoms with Crippen molar-refractivity contribution < 1.29 is 0 Å². The van der Waals surface area contributed by atoms with E-state index in [1.54, 1.807) is 0 Å². The minimum atomic E-state index is 0.390. The Morgan fingerprint density at radius 1 is 1.12 bits per heavy atom. The van der Waals surface area contributed by atoms with E-state index in [1.165, 1.54) is 38.5 Å². The molecule has 2 bridgehead atoms. The molecule has 0 spiro atoms. The van der Waals surface area contributed by atoms with Crippen molar-refractivity contribution in [1.29, 1.82) is 0 Å². The second-order valence-corrected chi connectivity index (χ2v) is 8.26. The fraction of sp³-hybridized carbons (Fsp3) is 0.778. The highest BCUT2D eigenvalue weighted by molar-refractivity contribution is 5.54. The van der Waals surface area contributed by atoms with Gasteiger partial charge < -0.3 is 21.3 Å². The first-order valence-corrected chi connectivity index (χ1v) is 9.64. The van der Waals surface area contributed by atoms with Gasteiger partial charge in [-0.1, -0.05) is 6.42 Å². The van der Waals surface area contributed by atoms with E-state index < -0.39 is 0 Å². The van der Waals surface area contributed by atoms with Crippen LogP contribution in [0, 0.1) is 17.8 Å². The number of nitrogen functional groups attached to an aromatic ring is 1. The second kappa shape index (κ2) is 5.76. The zero-order valence-electron chi connectivity index (χ0n) is 14.2. The summed E-state index contributed by atoms with van der Waals surface area (Å²) in [7, 11) is 0. The molecule has 2 aliphatic carbocycles. The maximum Gasteiger partial charge on any atom is 0.223 e. The Hall–Kier alpha value is -1.56. The number of hydrogen-bond donors (Lipinski definition) is 3. The molecular formula is C18H28N6. The lowest BCUT2D eigenvalue weighted by Gasteiger charge is -2.24. The molecule has 5 rings (SSSR count). The van der Waals surface area contributed by atoms with E-state index >= 15 is 0 Å². The van der Waals surface area contributed by atoms with Crippen LogP contribution in [0.25, 0.3) is 0 Å². The Bertz CT molecular complexity index is 606. The molecule has 24 heavy (non-hydrogen) atoms. The van der Waals surface area contributed by atoms with Gasteiger partial charge in [0.25, 0.3) is 0 Å². The van der Waals surface area contributed by atoms with E-state index in [0.29, 0.717) is 18.0 Å². The molecule has 0 unspecified atom stereocenters. The predicted octanol–water partition coefficient (Wildman–Crippen LogP) is 1.85. The lowest BCUT2D eigenvalue weighted by molar-refractivity contribution is 0.340. The SMILES string of the molecule is Nc1nc(N[C@@H]2C[C@H]3CC[C@@H]2C3)cc(N2C[C@H]3CCCN[C@H]3C2)n1. The van der Waals surface area contributed by atoms with Gasteiger partial charge >= 0.3 is 0 Å². The summed E-state index contributed by atoms with van der Waals surface area (Å²) in [5.74, 6) is 4.80. The van der Waals surface area contributed by atoms with Crippen molar-refractivity contribution in [2.24, 2.45) is 17.8 Å². The minimum absolute atomic E-state index is 0.390. The van der Waals surface area contributed by atoms with Crippen LogP contribution in [0.1, 0.15) is 38.5 Å². The Kier molecular flexibility index (Phi) is 3.54. The zero-order valence-corrected chi connectivity index (χ0v) is 14.2. The summed E-state index contributed by atoms with van der Waals surface area (Å²) in [6.07, 6.45) is 8.09. The first-order chi connectivity index (χ1) is 11.7. The average molecular weight is 328 g/mol. The highest BCUT2D eigenvalue weighted by atomic mass is 15.3. The van der Waals surface area contributed by atoms with Gasteiger partial charge in [-0.15, -0.1) is 0 Å². The van der Waals surface area contributed by atoms with Crippen molar-refractivity contribution in [3.8, 4) is 0 Å². The number of hydrogen-bond acceptors (Lipinski definition) is 6. The van der Waals surface area contributed by atoms with Crippen LogP contribution in [0.4, 0.5) is 17.6 Å². The number of anilines is 3. The molecule has 4 fully saturated rings. The van der Waals surface area contributed by atoms with Gasteiger partial charge in [0.2, 0.25) is 5.95 Å². The summed E-state index contributed by atoms with van der Waals surface area (Å²) >= 11 is 0. The van der Waals surface area contributed by atoms with E-state index in [2.05, 4.69) is 31.6 Å². The van der Waals surface area contributed by atoms with Crippen LogP contribution in [-0.2, 0) is 0 Å². The van der Waals surface area contributed by atoms with Crippen molar-refractivity contribution in [2.75, 3.05) is 35.6 Å². The molecule has 2 saturated heterocycles. The molecule has 1 aromatic rings. The third-order valence-corrected chi connectivity index (χ3v) is 6.72. The monoisotopic (exact) mass is 328 g/mol. The third kappa shape index (κ3) is 2.61. The Morgan fingerprint density at radius 2 is 2.08 bits per heavy atom. The summed E-state index contributed by atoms with van der Waals surface area (Å²) in [6, 6.07) is 3.30. The Balaban J connectivity index is 1.33. The molecule has 0 aromatic carbocycles. The van der Waals surface area contributed by atoms with Crippen LogP contribution >= 0.6 is 0 Å². The average Bonchev–Trinajstić information content (AvgIpc) is 3.29. The van der Waals surface area contributed by atoms with Crippen LogP contribution in [0.3, 0.4) is 0 Å². The lowest BCUT2D eigenvalue weighted by atomic mass is 9.94. The standard InChI is InChI=1S/C18H28N6/c19-18-22-16(21-14-7-11-3-4-12(14)6-11)8-17(23-18)24-9-13-2-1-5-20-15(13)10-24/h8,11-15,20H,1-7,9-10H2,(H3,19,21,22,23)/t11-,12+,13+,14+,15-/m0/s1. The number of nitrogens with zero attached hydrogens (tertiary/aromatic N) is 3. The summed E-state index contributed by atoms with van der Waals surface area (Å²) < 4.78 is 0. The van der Waals surface area contributed by atoms with Crippen molar-refractivity contribution in [1.82, 2.24) is 15.3 Å². The van der Waals surface area contributed by atoms with Gasteiger partial charge in [0.1, 0.15) is 11.6 Å². The van der Waals surface area contributed by atoms with Gasteiger partial charge in [0.05, 0.1) is 0 Å². The van der Waals surface area contributed by atoms with Gasteiger partial charge in [-0.3, -0.25) is 0 Å². The van der Waals surface area contributed by atoms with E-state index in [9.17, 15) is 0 Å². The second-order valence-electron chi connectivity index (χ2n) is 8.26. The molecule has 130 valence electrons. The maximum absolute atomic E-state index is 6.02. The molecule has 2 saturated carbocycles. The quantitative estimate of drug-likeness (QED) is 0.786. The van der Waals surface area contributed by atoms with E-state index in [-0.39, 0.29) is 0 Å². The predicted molar refractivity (Wildman–Crippen MR) is 96.0 cm³/mol. The summed E-state index contributed by atoms with van der Waals surface area (Å²) in [5.41, 5.74) is 6.02. The molecule has 4 aliphatic rings. The van der Waals surface area contributed by atoms with E-state index in [0.717, 1.165) is 49.0 Å². The fourth-order valence-electron chi connectivity index (χ4n) is 5.53. The third-order valence-electron chi connectivity index (χ3n) is 6.72. The van der Waals surface area contributed by atoms with Crippen molar-refractivity contribution in [3.63, 3.8) is 0 Å². The van der Waals surface area contributed by atoms with Crippen LogP contribution in [-0.4, -0.2) is 41.7 Å². The maximum atomic E-state index is 6.02. The lowest BCUT2D eigenvalue weighted by Crippen LogP contribution is -2.40. The normalized spacial score (nSPS) is 37.7. The smallest absolute Gasteiger partial charge is 0.223 e. The highest BCUT2D eigenvalue weighted by Crippen LogP contribution is 2.45. The summed E-state index contributed by atoms with van der Waals surface area (Å²) in [4.78, 5) is 11.4. The number of piperidine rings is 1. The van der Waals surface area contributed by atoms with Gasteiger partial charge in [-0.2, -0.15) is 9.97 Å². The molecule has 3 heterocycles. The number of nitrogens with two attached hydrogens (primary N) is 1. The van der Waals surface area contributed by atoms with E-state index in [1.807, 2.05) is 0 Å². The molecular weight excluding hydrogens is 300 g/mol. The molecule has 6 nitrogen and oxygen atoms in total. The Labute approximate surface area is 143 Å². The number of fused-ring (bicyclic) bond motifs is 3. The molecule has 2 aliphatic heterocycles. The number of aromatic nitrogens is 2. The molecule has 5 atom stereocenters. The zero-order chi connectivity index (χ0) is 16.1. The van der Waals surface area contributed by atoms with Gasteiger partial charge in [-0.05, 0) is 56.4 Å². The highest BCUT2D eigenvalue weighted by Gasteiger charge is 2.40. The molecule has 4 N–H and O–H groups in total. The fourth-order valence-corrected chi connectivity index (χ4v) is 5.53.